The molecule has 4 N–H and O–H groups in total. The summed E-state index contributed by atoms with van der Waals surface area (Å²) in [7, 11) is 1.56. The van der Waals surface area contributed by atoms with Crippen LogP contribution in [0, 0.1) is 5.92 Å². The quantitative estimate of drug-likeness (QED) is 0.176. The number of methoxy groups -OCH3 is 1. The molecule has 0 bridgehead atoms. The number of aliphatic hydroxyl groups is 1. The van der Waals surface area contributed by atoms with Crippen LogP contribution in [-0.2, 0) is 9.53 Å². The van der Waals surface area contributed by atoms with Gasteiger partial charge in [-0.25, -0.2) is 10.3 Å². The first kappa shape index (κ1) is 25.4. The number of amides is 2. The summed E-state index contributed by atoms with van der Waals surface area (Å²) < 4.78 is 16.2. The number of carbonyl (C=O) groups excluding carboxylic acids is 2. The first-order chi connectivity index (χ1) is 16.0. The van der Waals surface area contributed by atoms with Crippen molar-refractivity contribution in [2.75, 3.05) is 25.6 Å². The van der Waals surface area contributed by atoms with E-state index in [2.05, 4.69) is 5.32 Å². The van der Waals surface area contributed by atoms with Crippen molar-refractivity contribution >= 4 is 17.7 Å². The van der Waals surface area contributed by atoms with Gasteiger partial charge in [0.05, 0.1) is 13.7 Å². The summed E-state index contributed by atoms with van der Waals surface area (Å²) in [6, 6.07) is 13.8. The number of benzene rings is 2. The average molecular weight is 456 g/mol. The molecule has 0 aromatic heterocycles. The normalized spacial score (nSPS) is 12.8. The van der Waals surface area contributed by atoms with Gasteiger partial charge in [-0.15, -0.1) is 0 Å². The monoisotopic (exact) mass is 456 g/mol. The van der Waals surface area contributed by atoms with E-state index in [1.54, 1.807) is 67.8 Å². The van der Waals surface area contributed by atoms with Gasteiger partial charge in [0.25, 0.3) is 5.91 Å². The van der Waals surface area contributed by atoms with Crippen LogP contribution in [-0.4, -0.2) is 42.6 Å². The lowest BCUT2D eigenvalue weighted by molar-refractivity contribution is -0.124. The van der Waals surface area contributed by atoms with E-state index in [1.807, 2.05) is 6.92 Å². The summed E-state index contributed by atoms with van der Waals surface area (Å²) in [5.74, 6) is 0.322. The van der Waals surface area contributed by atoms with Gasteiger partial charge in [-0.2, -0.15) is 0 Å². The minimum absolute atomic E-state index is 0.0946. The van der Waals surface area contributed by atoms with Crippen LogP contribution < -0.4 is 20.3 Å². The van der Waals surface area contributed by atoms with Gasteiger partial charge < -0.3 is 19.3 Å². The van der Waals surface area contributed by atoms with Crippen molar-refractivity contribution in [1.29, 1.82) is 0 Å². The predicted octanol–water partition coefficient (Wildman–Crippen LogP) is 3.61. The number of hydrogen-bond acceptors (Lipinski definition) is 7. The Morgan fingerprint density at radius 1 is 1.03 bits per heavy atom. The minimum atomic E-state index is -0.655. The molecule has 9 heteroatoms. The molecule has 0 aliphatic rings. The smallest absolute Gasteiger partial charge is 0.412 e. The van der Waals surface area contributed by atoms with Gasteiger partial charge in [-0.1, -0.05) is 37.3 Å². The molecule has 0 spiro atoms. The van der Waals surface area contributed by atoms with Crippen LogP contribution in [0.2, 0.25) is 0 Å². The lowest BCUT2D eigenvalue weighted by Crippen LogP contribution is -2.21. The molecular formula is C24H28N2O7. The van der Waals surface area contributed by atoms with Gasteiger partial charge >= 0.3 is 6.09 Å². The average Bonchev–Trinajstić information content (AvgIpc) is 2.84. The third kappa shape index (κ3) is 8.68. The number of rotatable bonds is 11. The summed E-state index contributed by atoms with van der Waals surface area (Å²) in [5.41, 5.74) is 2.78. The molecule has 2 amide bonds. The van der Waals surface area contributed by atoms with Crippen molar-refractivity contribution in [1.82, 2.24) is 5.48 Å². The molecular weight excluding hydrogens is 428 g/mol. The maximum absolute atomic E-state index is 12.6. The summed E-state index contributed by atoms with van der Waals surface area (Å²) >= 11 is 0. The van der Waals surface area contributed by atoms with E-state index in [1.165, 1.54) is 11.6 Å². The number of aliphatic hydroxyl groups excluding tert-OH is 1. The van der Waals surface area contributed by atoms with Gasteiger partial charge in [0, 0.05) is 17.7 Å². The fraction of sp³-hybridized carbons (Fsp3) is 0.250. The first-order valence-electron chi connectivity index (χ1n) is 10.2. The summed E-state index contributed by atoms with van der Waals surface area (Å²) in [6.07, 6.45) is 4.72. The molecule has 2 atom stereocenters. The van der Waals surface area contributed by atoms with Gasteiger partial charge in [0.1, 0.15) is 24.2 Å². The fourth-order valence-electron chi connectivity index (χ4n) is 2.85. The number of allylic oxidation sites excluding steroid dienone is 2. The third-order valence-corrected chi connectivity index (χ3v) is 4.50. The second kappa shape index (κ2) is 13.6. The van der Waals surface area contributed by atoms with Crippen LogP contribution in [0.4, 0.5) is 10.5 Å². The Morgan fingerprint density at radius 2 is 1.70 bits per heavy atom. The second-order valence-corrected chi connectivity index (χ2v) is 6.90. The number of hydrogen-bond donors (Lipinski definition) is 4. The highest BCUT2D eigenvalue weighted by atomic mass is 16.6. The van der Waals surface area contributed by atoms with E-state index < -0.39 is 18.1 Å². The molecule has 0 heterocycles. The van der Waals surface area contributed by atoms with Crippen molar-refractivity contribution < 1.29 is 34.1 Å². The molecule has 9 nitrogen and oxygen atoms in total. The molecule has 2 aromatic rings. The number of hydroxylamine groups is 1. The Morgan fingerprint density at radius 3 is 2.30 bits per heavy atom. The van der Waals surface area contributed by atoms with E-state index in [-0.39, 0.29) is 19.1 Å². The SMILES string of the molecule is COc1ccc(NC(=O)O[C@@H](c2ccc(OCCO)cc2)[C@@H](C)/C=C/C=C/C(=O)NO)cc1. The zero-order chi connectivity index (χ0) is 24.1. The number of nitrogens with one attached hydrogen (secondary N) is 2. The molecule has 0 aliphatic carbocycles. The van der Waals surface area contributed by atoms with Crippen molar-refractivity contribution in [3.63, 3.8) is 0 Å². The maximum Gasteiger partial charge on any atom is 0.412 e. The van der Waals surface area contributed by atoms with E-state index >= 15 is 0 Å². The lowest BCUT2D eigenvalue weighted by atomic mass is 9.96. The standard InChI is InChI=1S/C24H28N2O7/c1-17(5-3-4-6-22(28)26-30)23(18-7-11-21(12-8-18)32-16-15-27)33-24(29)25-19-9-13-20(31-2)14-10-19/h3-14,17,23,27,30H,15-16H2,1-2H3,(H,25,29)(H,26,28)/b5-3+,6-4+/t17-,23+/m0/s1. The van der Waals surface area contributed by atoms with E-state index in [0.717, 1.165) is 11.6 Å². The highest BCUT2D eigenvalue weighted by molar-refractivity contribution is 5.86. The largest absolute Gasteiger partial charge is 0.497 e. The van der Waals surface area contributed by atoms with Gasteiger partial charge in [-0.3, -0.25) is 15.3 Å². The first-order valence-corrected chi connectivity index (χ1v) is 10.2. The van der Waals surface area contributed by atoms with Crippen molar-refractivity contribution in [2.24, 2.45) is 5.92 Å². The second-order valence-electron chi connectivity index (χ2n) is 6.90. The van der Waals surface area contributed by atoms with Crippen molar-refractivity contribution in [2.45, 2.75) is 13.0 Å². The molecule has 0 saturated carbocycles. The van der Waals surface area contributed by atoms with Gasteiger partial charge in [-0.05, 0) is 42.0 Å². The van der Waals surface area contributed by atoms with Crippen LogP contribution in [0.1, 0.15) is 18.6 Å². The van der Waals surface area contributed by atoms with Crippen molar-refractivity contribution in [3.05, 3.63) is 78.4 Å². The summed E-state index contributed by atoms with van der Waals surface area (Å²) in [6.45, 7) is 1.94. The number of ether oxygens (including phenoxy) is 3. The molecule has 0 fully saturated rings. The van der Waals surface area contributed by atoms with E-state index in [0.29, 0.717) is 17.2 Å². The summed E-state index contributed by atoms with van der Waals surface area (Å²) in [5, 5.41) is 20.1. The Bertz CT molecular complexity index is 940. The molecule has 2 rings (SSSR count). The van der Waals surface area contributed by atoms with E-state index in [4.69, 9.17) is 24.5 Å². The van der Waals surface area contributed by atoms with Crippen LogP contribution in [0.3, 0.4) is 0 Å². The molecule has 0 saturated heterocycles. The molecule has 176 valence electrons. The zero-order valence-corrected chi connectivity index (χ0v) is 18.4. The minimum Gasteiger partial charge on any atom is -0.497 e. The van der Waals surface area contributed by atoms with E-state index in [9.17, 15) is 9.59 Å². The lowest BCUT2D eigenvalue weighted by Gasteiger charge is -2.23. The third-order valence-electron chi connectivity index (χ3n) is 4.50. The predicted molar refractivity (Wildman–Crippen MR) is 122 cm³/mol. The molecule has 0 unspecified atom stereocenters. The highest BCUT2D eigenvalue weighted by Crippen LogP contribution is 2.29. The summed E-state index contributed by atoms with van der Waals surface area (Å²) in [4.78, 5) is 23.7. The van der Waals surface area contributed by atoms with Crippen LogP contribution >= 0.6 is 0 Å². The maximum atomic E-state index is 12.6. The Labute approximate surface area is 192 Å². The van der Waals surface area contributed by atoms with Crippen LogP contribution in [0.5, 0.6) is 11.5 Å². The molecule has 0 aliphatic heterocycles. The fourth-order valence-corrected chi connectivity index (χ4v) is 2.85. The zero-order valence-electron chi connectivity index (χ0n) is 18.4. The molecule has 33 heavy (non-hydrogen) atoms. The molecule has 2 aromatic carbocycles. The number of carbonyl (C=O) groups is 2. The number of anilines is 1. The Balaban J connectivity index is 2.15. The Hall–Kier alpha value is -3.82. The van der Waals surface area contributed by atoms with Crippen LogP contribution in [0.25, 0.3) is 0 Å². The topological polar surface area (TPSA) is 126 Å². The van der Waals surface area contributed by atoms with Gasteiger partial charge in [0.2, 0.25) is 0 Å². The molecule has 0 radical (unpaired) electrons. The van der Waals surface area contributed by atoms with Gasteiger partial charge in [0.15, 0.2) is 0 Å². The van der Waals surface area contributed by atoms with Crippen molar-refractivity contribution in [3.8, 4) is 11.5 Å². The Kier molecular flexibility index (Phi) is 10.5. The highest BCUT2D eigenvalue weighted by Gasteiger charge is 2.22. The van der Waals surface area contributed by atoms with Crippen LogP contribution in [0.15, 0.2) is 72.8 Å².